The minimum atomic E-state index is -3.35. The largest absolute Gasteiger partial charge is 0.310 e. The molecule has 0 saturated heterocycles. The summed E-state index contributed by atoms with van der Waals surface area (Å²) in [7, 11) is -3.35. The van der Waals surface area contributed by atoms with Crippen molar-refractivity contribution in [1.29, 1.82) is 0 Å². The van der Waals surface area contributed by atoms with Crippen LogP contribution in [0.3, 0.4) is 0 Å². The Morgan fingerprint density at radius 2 is 2.05 bits per heavy atom. The van der Waals surface area contributed by atoms with Crippen LogP contribution in [0.25, 0.3) is 0 Å². The molecular formula is C13H22N2O2S2. The highest BCUT2D eigenvalue weighted by Crippen LogP contribution is 2.33. The van der Waals surface area contributed by atoms with Gasteiger partial charge in [0.05, 0.1) is 4.90 Å². The van der Waals surface area contributed by atoms with E-state index in [9.17, 15) is 8.42 Å². The average Bonchev–Trinajstić information content (AvgIpc) is 3.04. The van der Waals surface area contributed by atoms with Crippen molar-refractivity contribution >= 4 is 21.4 Å². The highest BCUT2D eigenvalue weighted by Gasteiger charge is 2.31. The Labute approximate surface area is 119 Å². The minimum absolute atomic E-state index is 0.0436. The van der Waals surface area contributed by atoms with Crippen molar-refractivity contribution < 1.29 is 8.42 Å². The molecule has 1 aromatic rings. The van der Waals surface area contributed by atoms with E-state index < -0.39 is 10.0 Å². The Hall–Kier alpha value is -0.430. The summed E-state index contributed by atoms with van der Waals surface area (Å²) >= 11 is 1.49. The van der Waals surface area contributed by atoms with Crippen LogP contribution in [0, 0.1) is 5.92 Å². The molecule has 1 aromatic heterocycles. The fourth-order valence-corrected chi connectivity index (χ4v) is 4.44. The van der Waals surface area contributed by atoms with Gasteiger partial charge in [0, 0.05) is 28.9 Å². The summed E-state index contributed by atoms with van der Waals surface area (Å²) in [5, 5.41) is 5.01. The van der Waals surface area contributed by atoms with E-state index in [0.29, 0.717) is 16.9 Å². The second-order valence-corrected chi connectivity index (χ2v) is 8.24. The number of thiophene rings is 1. The topological polar surface area (TPSA) is 58.2 Å². The summed E-state index contributed by atoms with van der Waals surface area (Å²) in [5.41, 5.74) is 0. The number of sulfonamides is 1. The molecule has 1 fully saturated rings. The fourth-order valence-electron chi connectivity index (χ4n) is 1.90. The monoisotopic (exact) mass is 302 g/mol. The maximum absolute atomic E-state index is 12.2. The molecule has 0 amide bonds. The Bertz CT molecular complexity index is 519. The zero-order valence-electron chi connectivity index (χ0n) is 11.6. The Morgan fingerprint density at radius 1 is 1.37 bits per heavy atom. The highest BCUT2D eigenvalue weighted by atomic mass is 32.2. The van der Waals surface area contributed by atoms with Crippen molar-refractivity contribution in [2.24, 2.45) is 5.92 Å². The number of hydrogen-bond donors (Lipinski definition) is 2. The molecule has 1 heterocycles. The zero-order valence-corrected chi connectivity index (χ0v) is 13.3. The lowest BCUT2D eigenvalue weighted by Crippen LogP contribution is -2.33. The Balaban J connectivity index is 1.99. The lowest BCUT2D eigenvalue weighted by Gasteiger charge is -2.12. The van der Waals surface area contributed by atoms with Crippen LogP contribution in [0.1, 0.15) is 38.5 Å². The van der Waals surface area contributed by atoms with Crippen molar-refractivity contribution in [3.63, 3.8) is 0 Å². The predicted octanol–water partition coefficient (Wildman–Crippen LogP) is 2.32. The van der Waals surface area contributed by atoms with E-state index in [-0.39, 0.29) is 6.04 Å². The van der Waals surface area contributed by atoms with Crippen molar-refractivity contribution in [1.82, 2.24) is 10.0 Å². The molecule has 0 bridgehead atoms. The third kappa shape index (κ3) is 4.27. The van der Waals surface area contributed by atoms with Gasteiger partial charge in [0.1, 0.15) is 0 Å². The highest BCUT2D eigenvalue weighted by molar-refractivity contribution is 7.89. The van der Waals surface area contributed by atoms with Gasteiger partial charge in [0.2, 0.25) is 10.0 Å². The second kappa shape index (κ2) is 5.91. The summed E-state index contributed by atoms with van der Waals surface area (Å²) in [6.45, 7) is 6.81. The second-order valence-electron chi connectivity index (χ2n) is 5.53. The van der Waals surface area contributed by atoms with E-state index in [1.54, 1.807) is 11.4 Å². The minimum Gasteiger partial charge on any atom is -0.310 e. The third-order valence-corrected chi connectivity index (χ3v) is 5.92. The summed E-state index contributed by atoms with van der Waals surface area (Å²) in [4.78, 5) is 1.44. The van der Waals surface area contributed by atoms with Gasteiger partial charge in [-0.15, -0.1) is 11.3 Å². The van der Waals surface area contributed by atoms with E-state index >= 15 is 0 Å². The molecule has 19 heavy (non-hydrogen) atoms. The standard InChI is InChI=1S/C13H22N2O2S2/c1-9(2)14-7-12-6-13(8-18-12)19(16,17)15-10(3)11-4-5-11/h6,8-11,14-15H,4-5,7H2,1-3H3. The number of hydrogen-bond acceptors (Lipinski definition) is 4. The molecule has 1 saturated carbocycles. The predicted molar refractivity (Wildman–Crippen MR) is 78.8 cm³/mol. The Morgan fingerprint density at radius 3 is 2.63 bits per heavy atom. The molecule has 1 aliphatic rings. The van der Waals surface area contributed by atoms with E-state index in [2.05, 4.69) is 23.9 Å². The zero-order chi connectivity index (χ0) is 14.0. The van der Waals surface area contributed by atoms with Crippen LogP contribution in [0.15, 0.2) is 16.3 Å². The molecule has 0 radical (unpaired) electrons. The molecule has 0 aliphatic heterocycles. The first kappa shape index (κ1) is 15.0. The molecule has 2 rings (SSSR count). The van der Waals surface area contributed by atoms with Gasteiger partial charge in [-0.25, -0.2) is 13.1 Å². The van der Waals surface area contributed by atoms with Gasteiger partial charge in [0.25, 0.3) is 0 Å². The summed E-state index contributed by atoms with van der Waals surface area (Å²) in [6.07, 6.45) is 2.27. The fraction of sp³-hybridized carbons (Fsp3) is 0.692. The first-order valence-electron chi connectivity index (χ1n) is 6.71. The molecule has 0 spiro atoms. The van der Waals surface area contributed by atoms with E-state index in [0.717, 1.165) is 24.3 Å². The van der Waals surface area contributed by atoms with Gasteiger partial charge >= 0.3 is 0 Å². The van der Waals surface area contributed by atoms with Gasteiger partial charge in [-0.3, -0.25) is 0 Å². The van der Waals surface area contributed by atoms with Crippen LogP contribution >= 0.6 is 11.3 Å². The summed E-state index contributed by atoms with van der Waals surface area (Å²) < 4.78 is 27.2. The molecule has 4 nitrogen and oxygen atoms in total. The van der Waals surface area contributed by atoms with Crippen LogP contribution in [0.5, 0.6) is 0 Å². The van der Waals surface area contributed by atoms with Gasteiger partial charge in [-0.2, -0.15) is 0 Å². The van der Waals surface area contributed by atoms with Gasteiger partial charge < -0.3 is 5.32 Å². The van der Waals surface area contributed by atoms with Crippen LogP contribution in [0.2, 0.25) is 0 Å². The Kier molecular flexibility index (Phi) is 4.66. The summed E-state index contributed by atoms with van der Waals surface area (Å²) in [6, 6.07) is 2.21. The quantitative estimate of drug-likeness (QED) is 0.812. The maximum atomic E-state index is 12.2. The molecule has 6 heteroatoms. The SMILES string of the molecule is CC(C)NCc1cc(S(=O)(=O)NC(C)C2CC2)cs1. The molecule has 1 unspecified atom stereocenters. The molecule has 2 N–H and O–H groups in total. The maximum Gasteiger partial charge on any atom is 0.241 e. The van der Waals surface area contributed by atoms with Crippen molar-refractivity contribution in [2.45, 2.75) is 57.1 Å². The first-order chi connectivity index (χ1) is 8.88. The molecule has 0 aromatic carbocycles. The lowest BCUT2D eigenvalue weighted by molar-refractivity contribution is 0.538. The molecular weight excluding hydrogens is 280 g/mol. The molecule has 1 atom stereocenters. The number of rotatable bonds is 7. The van der Waals surface area contributed by atoms with Gasteiger partial charge in [-0.05, 0) is 31.7 Å². The molecule has 1 aliphatic carbocycles. The normalized spacial score (nSPS) is 17.9. The number of nitrogens with one attached hydrogen (secondary N) is 2. The summed E-state index contributed by atoms with van der Waals surface area (Å²) in [5.74, 6) is 0.524. The van der Waals surface area contributed by atoms with Crippen LogP contribution < -0.4 is 10.0 Å². The average molecular weight is 302 g/mol. The van der Waals surface area contributed by atoms with Crippen LogP contribution in [0.4, 0.5) is 0 Å². The van der Waals surface area contributed by atoms with E-state index in [4.69, 9.17) is 0 Å². The molecule has 108 valence electrons. The smallest absolute Gasteiger partial charge is 0.241 e. The first-order valence-corrected chi connectivity index (χ1v) is 9.08. The van der Waals surface area contributed by atoms with Gasteiger partial charge in [-0.1, -0.05) is 13.8 Å². The van der Waals surface area contributed by atoms with E-state index in [1.165, 1.54) is 11.3 Å². The van der Waals surface area contributed by atoms with Crippen molar-refractivity contribution in [3.05, 3.63) is 16.3 Å². The van der Waals surface area contributed by atoms with E-state index in [1.807, 2.05) is 6.92 Å². The van der Waals surface area contributed by atoms with Crippen LogP contribution in [-0.4, -0.2) is 20.5 Å². The third-order valence-electron chi connectivity index (χ3n) is 3.29. The van der Waals surface area contributed by atoms with Crippen molar-refractivity contribution in [3.8, 4) is 0 Å². The van der Waals surface area contributed by atoms with Crippen molar-refractivity contribution in [2.75, 3.05) is 0 Å². The van der Waals surface area contributed by atoms with Crippen LogP contribution in [-0.2, 0) is 16.6 Å². The lowest BCUT2D eigenvalue weighted by atomic mass is 10.2. The van der Waals surface area contributed by atoms with Gasteiger partial charge in [0.15, 0.2) is 0 Å².